The highest BCUT2D eigenvalue weighted by molar-refractivity contribution is 6.73. The zero-order valence-electron chi connectivity index (χ0n) is 10.2. The van der Waals surface area contributed by atoms with Crippen molar-refractivity contribution in [1.82, 2.24) is 4.98 Å². The van der Waals surface area contributed by atoms with Crippen molar-refractivity contribution in [2.24, 2.45) is 0 Å². The van der Waals surface area contributed by atoms with Gasteiger partial charge in [0.2, 0.25) is 0 Å². The molecule has 18 heavy (non-hydrogen) atoms. The molecule has 1 N–H and O–H groups in total. The highest BCUT2D eigenvalue weighted by atomic mass is 19.4. The maximum atomic E-state index is 12.3. The summed E-state index contributed by atoms with van der Waals surface area (Å²) in [6.45, 7) is -0.0466. The van der Waals surface area contributed by atoms with Crippen molar-refractivity contribution in [3.05, 3.63) is 18.3 Å². The summed E-state index contributed by atoms with van der Waals surface area (Å²) < 4.78 is 41.9. The summed E-state index contributed by atoms with van der Waals surface area (Å²) in [5.74, 6) is 0.00745. The molecule has 0 aliphatic carbocycles. The van der Waals surface area contributed by atoms with Gasteiger partial charge in [0, 0.05) is 6.20 Å². The van der Waals surface area contributed by atoms with Crippen LogP contribution in [0.5, 0.6) is 0 Å². The monoisotopic (exact) mass is 261 g/mol. The van der Waals surface area contributed by atoms with Gasteiger partial charge in [-0.15, -0.1) is 0 Å². The van der Waals surface area contributed by atoms with Gasteiger partial charge in [0.25, 0.3) is 0 Å². The zero-order valence-corrected chi connectivity index (χ0v) is 10.2. The summed E-state index contributed by atoms with van der Waals surface area (Å²) in [6, 6.07) is 1.94. The second kappa shape index (κ2) is 4.87. The standard InChI is InChI=1S/C10H13BF3N2O2/c1-10(2,3)18-9(17)16-8-5-4-7(6-15-8)11(12,13)14/h4-6H,1-3H3,(H,15,16,17)/q-1. The molecule has 0 aliphatic heterocycles. The van der Waals surface area contributed by atoms with Gasteiger partial charge in [0.05, 0.1) is 0 Å². The minimum Gasteiger partial charge on any atom is -0.445 e. The number of rotatable bonds is 2. The van der Waals surface area contributed by atoms with E-state index in [0.717, 1.165) is 12.1 Å². The van der Waals surface area contributed by atoms with E-state index < -0.39 is 24.1 Å². The highest BCUT2D eigenvalue weighted by Gasteiger charge is 2.25. The quantitative estimate of drug-likeness (QED) is 0.832. The molecular weight excluding hydrogens is 248 g/mol. The lowest BCUT2D eigenvalue weighted by Crippen LogP contribution is -2.34. The van der Waals surface area contributed by atoms with Gasteiger partial charge in [-0.2, -0.15) is 0 Å². The van der Waals surface area contributed by atoms with Crippen LogP contribution in [0.15, 0.2) is 18.3 Å². The van der Waals surface area contributed by atoms with Crippen LogP contribution < -0.4 is 10.8 Å². The minimum absolute atomic E-state index is 0.00745. The number of carbonyl (C=O) groups is 1. The predicted molar refractivity (Wildman–Crippen MR) is 62.8 cm³/mol. The third-order valence-electron chi connectivity index (χ3n) is 1.79. The Balaban J connectivity index is 2.67. The number of hydrogen-bond donors (Lipinski definition) is 1. The van der Waals surface area contributed by atoms with E-state index in [9.17, 15) is 17.7 Å². The molecule has 4 nitrogen and oxygen atoms in total. The molecule has 0 saturated heterocycles. The van der Waals surface area contributed by atoms with Crippen LogP contribution in [0.25, 0.3) is 0 Å². The number of pyridine rings is 1. The smallest absolute Gasteiger partial charge is 0.445 e. The Labute approximate surface area is 103 Å². The number of carbonyl (C=O) groups excluding carboxylic acids is 1. The fraction of sp³-hybridized carbons (Fsp3) is 0.400. The van der Waals surface area contributed by atoms with Crippen LogP contribution in [0.4, 0.5) is 23.6 Å². The average molecular weight is 261 g/mol. The van der Waals surface area contributed by atoms with E-state index >= 15 is 0 Å². The fourth-order valence-electron chi connectivity index (χ4n) is 1.08. The largest absolute Gasteiger partial charge is 0.511 e. The van der Waals surface area contributed by atoms with Crippen LogP contribution in [-0.4, -0.2) is 23.7 Å². The molecule has 0 unspecified atom stereocenters. The molecule has 1 rings (SSSR count). The second-order valence-electron chi connectivity index (χ2n) is 4.68. The molecule has 0 atom stereocenters. The maximum absolute atomic E-state index is 12.3. The van der Waals surface area contributed by atoms with Gasteiger partial charge in [-0.05, 0) is 26.8 Å². The Morgan fingerprint density at radius 3 is 2.33 bits per heavy atom. The number of anilines is 1. The molecule has 1 aromatic heterocycles. The second-order valence-corrected chi connectivity index (χ2v) is 4.68. The summed E-state index contributed by atoms with van der Waals surface area (Å²) in [7, 11) is 0. The zero-order chi connectivity index (χ0) is 14.0. The van der Waals surface area contributed by atoms with Crippen molar-refractivity contribution in [3.63, 3.8) is 0 Å². The Morgan fingerprint density at radius 1 is 1.33 bits per heavy atom. The molecule has 1 aromatic rings. The molecule has 0 aromatic carbocycles. The molecule has 0 fully saturated rings. The number of ether oxygens (including phenoxy) is 1. The highest BCUT2D eigenvalue weighted by Crippen LogP contribution is 2.11. The average Bonchev–Trinajstić information content (AvgIpc) is 2.13. The van der Waals surface area contributed by atoms with Crippen molar-refractivity contribution in [2.45, 2.75) is 26.4 Å². The lowest BCUT2D eigenvalue weighted by molar-refractivity contribution is 0.0635. The Kier molecular flexibility index (Phi) is 3.88. The first-order chi connectivity index (χ1) is 8.08. The molecule has 0 radical (unpaired) electrons. The maximum Gasteiger partial charge on any atom is 0.511 e. The first kappa shape index (κ1) is 14.3. The fourth-order valence-corrected chi connectivity index (χ4v) is 1.08. The molecule has 1 heterocycles. The van der Waals surface area contributed by atoms with E-state index in [4.69, 9.17) is 4.74 Å². The SMILES string of the molecule is CC(C)(C)OC(=O)Nc1ccc([B-](F)(F)F)cn1. The summed E-state index contributed by atoms with van der Waals surface area (Å²) in [4.78, 5) is 14.8. The van der Waals surface area contributed by atoms with Crippen LogP contribution in [0.2, 0.25) is 0 Å². The Morgan fingerprint density at radius 2 is 1.94 bits per heavy atom. The molecule has 0 aliphatic rings. The van der Waals surface area contributed by atoms with Crippen molar-refractivity contribution in [2.75, 3.05) is 5.32 Å². The molecule has 1 amide bonds. The van der Waals surface area contributed by atoms with Crippen molar-refractivity contribution < 1.29 is 22.5 Å². The van der Waals surface area contributed by atoms with Crippen molar-refractivity contribution >= 4 is 24.4 Å². The van der Waals surface area contributed by atoms with Crippen LogP contribution in [0.3, 0.4) is 0 Å². The lowest BCUT2D eigenvalue weighted by atomic mass is 9.82. The first-order valence-corrected chi connectivity index (χ1v) is 5.24. The molecule has 0 spiro atoms. The number of hydrogen-bond acceptors (Lipinski definition) is 3. The first-order valence-electron chi connectivity index (χ1n) is 5.24. The van der Waals surface area contributed by atoms with Crippen LogP contribution >= 0.6 is 0 Å². The summed E-state index contributed by atoms with van der Waals surface area (Å²) in [6.07, 6.45) is -0.0903. The summed E-state index contributed by atoms with van der Waals surface area (Å²) >= 11 is 0. The van der Waals surface area contributed by atoms with E-state index in [1.165, 1.54) is 0 Å². The van der Waals surface area contributed by atoms with Crippen LogP contribution in [-0.2, 0) is 4.74 Å². The number of nitrogens with one attached hydrogen (secondary N) is 1. The van der Waals surface area contributed by atoms with E-state index in [1.807, 2.05) is 0 Å². The minimum atomic E-state index is -5.07. The number of nitrogens with zero attached hydrogens (tertiary/aromatic N) is 1. The predicted octanol–water partition coefficient (Wildman–Crippen LogP) is 2.48. The molecule has 8 heteroatoms. The molecule has 0 bridgehead atoms. The van der Waals surface area contributed by atoms with Gasteiger partial charge in [-0.1, -0.05) is 11.5 Å². The van der Waals surface area contributed by atoms with Gasteiger partial charge in [0.1, 0.15) is 11.4 Å². The van der Waals surface area contributed by atoms with Gasteiger partial charge < -0.3 is 17.7 Å². The number of amides is 1. The summed E-state index contributed by atoms with van der Waals surface area (Å²) in [5.41, 5.74) is -1.50. The van der Waals surface area contributed by atoms with Gasteiger partial charge >= 0.3 is 13.1 Å². The normalized spacial score (nSPS) is 12.1. The number of halogens is 3. The third-order valence-corrected chi connectivity index (χ3v) is 1.79. The Hall–Kier alpha value is -1.73. The third kappa shape index (κ3) is 4.64. The van der Waals surface area contributed by atoms with Crippen molar-refractivity contribution in [1.29, 1.82) is 0 Å². The molecular formula is C10H13BF3N2O2-. The Bertz CT molecular complexity index is 426. The molecule has 100 valence electrons. The van der Waals surface area contributed by atoms with Gasteiger partial charge in [-0.25, -0.2) is 9.78 Å². The lowest BCUT2D eigenvalue weighted by Gasteiger charge is -2.19. The molecule has 0 saturated carbocycles. The van der Waals surface area contributed by atoms with Crippen LogP contribution in [0, 0.1) is 0 Å². The van der Waals surface area contributed by atoms with E-state index in [-0.39, 0.29) is 5.82 Å². The van der Waals surface area contributed by atoms with E-state index in [2.05, 4.69) is 10.3 Å². The van der Waals surface area contributed by atoms with E-state index in [0.29, 0.717) is 6.20 Å². The van der Waals surface area contributed by atoms with Gasteiger partial charge in [0.15, 0.2) is 0 Å². The number of aromatic nitrogens is 1. The van der Waals surface area contributed by atoms with E-state index in [1.54, 1.807) is 20.8 Å². The van der Waals surface area contributed by atoms with Gasteiger partial charge in [-0.3, -0.25) is 5.32 Å². The van der Waals surface area contributed by atoms with Crippen molar-refractivity contribution in [3.8, 4) is 0 Å². The topological polar surface area (TPSA) is 51.2 Å². The van der Waals surface area contributed by atoms with Crippen LogP contribution in [0.1, 0.15) is 20.8 Å². The summed E-state index contributed by atoms with van der Waals surface area (Å²) in [5, 5.41) is 2.24.